The third-order valence-electron chi connectivity index (χ3n) is 3.39. The first-order chi connectivity index (χ1) is 10.1. The largest absolute Gasteiger partial charge is 0.369 e. The van der Waals surface area contributed by atoms with Crippen LogP contribution in [0, 0.1) is 11.6 Å². The number of nitrogens with zero attached hydrogens (tertiary/aromatic N) is 2. The molecule has 0 saturated heterocycles. The molecule has 0 bridgehead atoms. The van der Waals surface area contributed by atoms with Crippen molar-refractivity contribution in [2.75, 3.05) is 11.4 Å². The Kier molecular flexibility index (Phi) is 3.51. The summed E-state index contributed by atoms with van der Waals surface area (Å²) in [5.74, 6) is -0.582. The Hall–Kier alpha value is -2.14. The lowest BCUT2D eigenvalue weighted by atomic mass is 10.0. The number of hydrogen-bond donors (Lipinski definition) is 1. The lowest BCUT2D eigenvalue weighted by molar-refractivity contribution is 0.589. The van der Waals surface area contributed by atoms with E-state index in [0.29, 0.717) is 22.8 Å². The second-order valence-corrected chi connectivity index (χ2v) is 5.17. The molecule has 0 aliphatic carbocycles. The van der Waals surface area contributed by atoms with Gasteiger partial charge in [0.15, 0.2) is 5.96 Å². The van der Waals surface area contributed by atoms with Gasteiger partial charge in [0.05, 0.1) is 12.6 Å². The van der Waals surface area contributed by atoms with Gasteiger partial charge in [0, 0.05) is 16.3 Å². The molecule has 0 amide bonds. The highest BCUT2D eigenvalue weighted by atomic mass is 35.5. The molecular weight excluding hydrogens is 296 g/mol. The molecule has 3 rings (SSSR count). The number of anilines is 1. The van der Waals surface area contributed by atoms with Crippen LogP contribution in [-0.4, -0.2) is 12.5 Å². The minimum absolute atomic E-state index is 0.236. The van der Waals surface area contributed by atoms with E-state index in [0.717, 1.165) is 0 Å². The summed E-state index contributed by atoms with van der Waals surface area (Å²) in [5, 5.41) is 0.320. The van der Waals surface area contributed by atoms with Crippen molar-refractivity contribution >= 4 is 23.2 Å². The van der Waals surface area contributed by atoms with E-state index in [2.05, 4.69) is 4.99 Å². The summed E-state index contributed by atoms with van der Waals surface area (Å²) >= 11 is 5.77. The minimum Gasteiger partial charge on any atom is -0.369 e. The summed E-state index contributed by atoms with van der Waals surface area (Å²) in [7, 11) is 0. The van der Waals surface area contributed by atoms with Gasteiger partial charge >= 0.3 is 0 Å². The van der Waals surface area contributed by atoms with E-state index in [1.165, 1.54) is 18.2 Å². The van der Waals surface area contributed by atoms with E-state index in [4.69, 9.17) is 17.3 Å². The van der Waals surface area contributed by atoms with Crippen LogP contribution in [0.2, 0.25) is 5.02 Å². The maximum Gasteiger partial charge on any atom is 0.196 e. The molecular formula is C15H12ClF2N3. The van der Waals surface area contributed by atoms with Crippen LogP contribution in [0.4, 0.5) is 14.5 Å². The van der Waals surface area contributed by atoms with Crippen molar-refractivity contribution in [1.29, 1.82) is 0 Å². The zero-order valence-electron chi connectivity index (χ0n) is 10.9. The Labute approximate surface area is 125 Å². The summed E-state index contributed by atoms with van der Waals surface area (Å²) in [5.41, 5.74) is 6.83. The molecule has 2 N–H and O–H groups in total. The molecule has 108 valence electrons. The van der Waals surface area contributed by atoms with Gasteiger partial charge in [-0.2, -0.15) is 0 Å². The van der Waals surface area contributed by atoms with E-state index in [1.807, 2.05) is 0 Å². The van der Waals surface area contributed by atoms with E-state index < -0.39 is 11.9 Å². The Balaban J connectivity index is 2.03. The van der Waals surface area contributed by atoms with Crippen molar-refractivity contribution in [3.63, 3.8) is 0 Å². The first-order valence-electron chi connectivity index (χ1n) is 6.36. The Morgan fingerprint density at radius 3 is 2.71 bits per heavy atom. The number of nitrogens with two attached hydrogens (primary N) is 1. The van der Waals surface area contributed by atoms with Gasteiger partial charge in [0.2, 0.25) is 0 Å². The average Bonchev–Trinajstić information content (AvgIpc) is 2.80. The van der Waals surface area contributed by atoms with Gasteiger partial charge in [-0.25, -0.2) is 8.78 Å². The van der Waals surface area contributed by atoms with Crippen LogP contribution in [0.5, 0.6) is 0 Å². The van der Waals surface area contributed by atoms with Crippen molar-refractivity contribution in [1.82, 2.24) is 0 Å². The van der Waals surface area contributed by atoms with Crippen LogP contribution in [-0.2, 0) is 0 Å². The standard InChI is InChI=1S/C15H12ClF2N3/c16-9-4-5-12(13(18)6-9)14-8-20-15(19)21(14)11-3-1-2-10(17)7-11/h1-7,14H,8H2,(H2,19,20). The maximum atomic E-state index is 14.1. The number of halogens is 3. The highest BCUT2D eigenvalue weighted by Crippen LogP contribution is 2.33. The first-order valence-corrected chi connectivity index (χ1v) is 6.74. The van der Waals surface area contributed by atoms with Crippen LogP contribution in [0.15, 0.2) is 47.5 Å². The number of rotatable bonds is 2. The van der Waals surface area contributed by atoms with E-state index in [9.17, 15) is 8.78 Å². The van der Waals surface area contributed by atoms with E-state index >= 15 is 0 Å². The monoisotopic (exact) mass is 307 g/mol. The first kappa shape index (κ1) is 13.8. The van der Waals surface area contributed by atoms with Gasteiger partial charge in [-0.15, -0.1) is 0 Å². The maximum absolute atomic E-state index is 14.1. The van der Waals surface area contributed by atoms with Crippen molar-refractivity contribution in [2.24, 2.45) is 10.7 Å². The number of hydrogen-bond acceptors (Lipinski definition) is 3. The van der Waals surface area contributed by atoms with Crippen molar-refractivity contribution < 1.29 is 8.78 Å². The predicted octanol–water partition coefficient (Wildman–Crippen LogP) is 3.49. The Morgan fingerprint density at radius 1 is 1.19 bits per heavy atom. The lowest BCUT2D eigenvalue weighted by Crippen LogP contribution is -2.36. The Morgan fingerprint density at radius 2 is 2.00 bits per heavy atom. The van der Waals surface area contributed by atoms with Gasteiger partial charge in [-0.05, 0) is 30.3 Å². The van der Waals surface area contributed by atoms with E-state index in [-0.39, 0.29) is 11.8 Å². The van der Waals surface area contributed by atoms with Crippen LogP contribution in [0.3, 0.4) is 0 Å². The van der Waals surface area contributed by atoms with Gasteiger partial charge in [0.25, 0.3) is 0 Å². The fourth-order valence-corrected chi connectivity index (χ4v) is 2.60. The lowest BCUT2D eigenvalue weighted by Gasteiger charge is -2.27. The minimum atomic E-state index is -0.432. The van der Waals surface area contributed by atoms with Crippen molar-refractivity contribution in [2.45, 2.75) is 6.04 Å². The topological polar surface area (TPSA) is 41.6 Å². The van der Waals surface area contributed by atoms with Crippen LogP contribution < -0.4 is 10.6 Å². The summed E-state index contributed by atoms with van der Waals surface area (Å²) in [6.07, 6.45) is 0. The van der Waals surface area contributed by atoms with Crippen LogP contribution in [0.25, 0.3) is 0 Å². The second-order valence-electron chi connectivity index (χ2n) is 4.73. The zero-order chi connectivity index (χ0) is 15.0. The number of benzene rings is 2. The molecule has 2 aromatic carbocycles. The van der Waals surface area contributed by atoms with E-state index in [1.54, 1.807) is 29.2 Å². The average molecular weight is 308 g/mol. The molecule has 1 heterocycles. The highest BCUT2D eigenvalue weighted by Gasteiger charge is 2.30. The SMILES string of the molecule is NC1=NCC(c2ccc(Cl)cc2F)N1c1cccc(F)c1. The van der Waals surface area contributed by atoms with Crippen LogP contribution >= 0.6 is 11.6 Å². The molecule has 21 heavy (non-hydrogen) atoms. The Bertz CT molecular complexity index is 718. The molecule has 0 spiro atoms. The molecule has 0 radical (unpaired) electrons. The summed E-state index contributed by atoms with van der Waals surface area (Å²) in [6, 6.07) is 10.0. The van der Waals surface area contributed by atoms with Crippen LogP contribution in [0.1, 0.15) is 11.6 Å². The summed E-state index contributed by atoms with van der Waals surface area (Å²) < 4.78 is 27.5. The van der Waals surface area contributed by atoms with Gasteiger partial charge < -0.3 is 10.6 Å². The normalized spacial score (nSPS) is 18.0. The molecule has 1 unspecified atom stereocenters. The molecule has 6 heteroatoms. The predicted molar refractivity (Wildman–Crippen MR) is 79.5 cm³/mol. The third kappa shape index (κ3) is 2.56. The van der Waals surface area contributed by atoms with Crippen molar-refractivity contribution in [3.05, 3.63) is 64.7 Å². The molecule has 2 aromatic rings. The van der Waals surface area contributed by atoms with Gasteiger partial charge in [0.1, 0.15) is 11.6 Å². The van der Waals surface area contributed by atoms with Gasteiger partial charge in [-0.1, -0.05) is 23.7 Å². The quantitative estimate of drug-likeness (QED) is 0.922. The van der Waals surface area contributed by atoms with Gasteiger partial charge in [-0.3, -0.25) is 4.99 Å². The summed E-state index contributed by atoms with van der Waals surface area (Å²) in [6.45, 7) is 0.306. The highest BCUT2D eigenvalue weighted by molar-refractivity contribution is 6.30. The molecule has 1 aliphatic rings. The molecule has 0 fully saturated rings. The number of guanidine groups is 1. The fourth-order valence-electron chi connectivity index (χ4n) is 2.44. The second kappa shape index (κ2) is 5.33. The third-order valence-corrected chi connectivity index (χ3v) is 3.63. The molecule has 0 aromatic heterocycles. The summed E-state index contributed by atoms with van der Waals surface area (Å²) in [4.78, 5) is 5.76. The smallest absolute Gasteiger partial charge is 0.196 e. The molecule has 3 nitrogen and oxygen atoms in total. The van der Waals surface area contributed by atoms with Crippen molar-refractivity contribution in [3.8, 4) is 0 Å². The molecule has 0 saturated carbocycles. The zero-order valence-corrected chi connectivity index (χ0v) is 11.7. The fraction of sp³-hybridized carbons (Fsp3) is 0.133. The molecule has 1 aliphatic heterocycles. The number of aliphatic imine (C=N–C) groups is 1. The molecule has 1 atom stereocenters.